The molecule has 1 fully saturated rings. The van der Waals surface area contributed by atoms with E-state index in [0.29, 0.717) is 10.8 Å². The first-order chi connectivity index (χ1) is 11.2. The number of anilines is 1. The molecule has 23 heavy (non-hydrogen) atoms. The van der Waals surface area contributed by atoms with Crippen LogP contribution in [0.25, 0.3) is 16.7 Å². The number of ether oxygens (including phenoxy) is 1. The van der Waals surface area contributed by atoms with Gasteiger partial charge < -0.3 is 9.64 Å². The molecular formula is C17H17ClN4O. The Morgan fingerprint density at radius 1 is 0.957 bits per heavy atom. The van der Waals surface area contributed by atoms with Crippen molar-refractivity contribution in [3.63, 3.8) is 0 Å². The topological polar surface area (TPSA) is 43.2 Å². The van der Waals surface area contributed by atoms with Crippen LogP contribution in [-0.4, -0.2) is 35.2 Å². The number of fused-ring (bicyclic) bond motifs is 1. The van der Waals surface area contributed by atoms with Crippen molar-refractivity contribution in [1.29, 1.82) is 0 Å². The Bertz CT molecular complexity index is 855. The molecule has 0 saturated carbocycles. The molecule has 2 heterocycles. The van der Waals surface area contributed by atoms with Crippen molar-refractivity contribution in [2.75, 3.05) is 25.1 Å². The average Bonchev–Trinajstić information content (AvgIpc) is 3.23. The van der Waals surface area contributed by atoms with Gasteiger partial charge in [-0.3, -0.25) is 0 Å². The van der Waals surface area contributed by atoms with E-state index < -0.39 is 0 Å². The van der Waals surface area contributed by atoms with E-state index in [1.807, 2.05) is 18.2 Å². The van der Waals surface area contributed by atoms with Crippen LogP contribution in [0.4, 0.5) is 5.69 Å². The summed E-state index contributed by atoms with van der Waals surface area (Å²) in [5, 5.41) is 9.67. The Hall–Kier alpha value is -2.27. The maximum Gasteiger partial charge on any atom is 0.137 e. The molecule has 1 aliphatic heterocycles. The monoisotopic (exact) mass is 328 g/mol. The van der Waals surface area contributed by atoms with Gasteiger partial charge >= 0.3 is 0 Å². The van der Waals surface area contributed by atoms with Gasteiger partial charge in [-0.1, -0.05) is 11.6 Å². The Kier molecular flexibility index (Phi) is 3.58. The summed E-state index contributed by atoms with van der Waals surface area (Å²) in [7, 11) is 1.60. The molecule has 0 unspecified atom stereocenters. The van der Waals surface area contributed by atoms with Crippen LogP contribution < -0.4 is 9.64 Å². The minimum Gasteiger partial charge on any atom is -0.495 e. The molecule has 3 aromatic rings. The van der Waals surface area contributed by atoms with Gasteiger partial charge in [0.25, 0.3) is 0 Å². The second-order valence-electron chi connectivity index (χ2n) is 5.68. The van der Waals surface area contributed by atoms with Crippen molar-refractivity contribution in [2.45, 2.75) is 12.8 Å². The minimum atomic E-state index is 0.545. The SMILES string of the molecule is COc1ccc(-n2nc3ccc(N4CCCC4)cc3n2)cc1Cl. The number of methoxy groups -OCH3 is 1. The van der Waals surface area contributed by atoms with E-state index >= 15 is 0 Å². The number of hydrogen-bond acceptors (Lipinski definition) is 4. The highest BCUT2D eigenvalue weighted by molar-refractivity contribution is 6.32. The summed E-state index contributed by atoms with van der Waals surface area (Å²) in [5.74, 6) is 0.642. The van der Waals surface area contributed by atoms with E-state index in [2.05, 4.69) is 27.2 Å². The standard InChI is InChI=1S/C17H17ClN4O/c1-23-17-7-5-13(10-14(17)18)22-19-15-6-4-12(11-16(15)20-22)21-8-2-3-9-21/h4-7,10-11H,2-3,8-9H2,1H3. The maximum atomic E-state index is 6.19. The fraction of sp³-hybridized carbons (Fsp3) is 0.294. The van der Waals surface area contributed by atoms with E-state index in [1.165, 1.54) is 18.5 Å². The first-order valence-electron chi connectivity index (χ1n) is 7.70. The lowest BCUT2D eigenvalue weighted by Gasteiger charge is -2.16. The number of nitrogens with zero attached hydrogens (tertiary/aromatic N) is 4. The van der Waals surface area contributed by atoms with E-state index in [1.54, 1.807) is 18.0 Å². The Balaban J connectivity index is 1.72. The second-order valence-corrected chi connectivity index (χ2v) is 6.08. The molecule has 5 nitrogen and oxygen atoms in total. The fourth-order valence-electron chi connectivity index (χ4n) is 2.97. The minimum absolute atomic E-state index is 0.545. The lowest BCUT2D eigenvalue weighted by molar-refractivity contribution is 0.415. The van der Waals surface area contributed by atoms with E-state index in [4.69, 9.17) is 16.3 Å². The van der Waals surface area contributed by atoms with Crippen molar-refractivity contribution in [2.24, 2.45) is 0 Å². The van der Waals surface area contributed by atoms with E-state index in [-0.39, 0.29) is 0 Å². The summed E-state index contributed by atoms with van der Waals surface area (Å²) in [6, 6.07) is 11.8. The summed E-state index contributed by atoms with van der Waals surface area (Å²) in [6.45, 7) is 2.24. The highest BCUT2D eigenvalue weighted by atomic mass is 35.5. The predicted octanol–water partition coefficient (Wildman–Crippen LogP) is 3.68. The molecule has 0 spiro atoms. The van der Waals surface area contributed by atoms with Gasteiger partial charge in [0.05, 0.1) is 17.8 Å². The van der Waals surface area contributed by atoms with Crippen LogP contribution in [0.1, 0.15) is 12.8 Å². The molecule has 0 amide bonds. The first kappa shape index (κ1) is 14.3. The number of halogens is 1. The van der Waals surface area contributed by atoms with Gasteiger partial charge in [0, 0.05) is 18.8 Å². The highest BCUT2D eigenvalue weighted by Crippen LogP contribution is 2.27. The average molecular weight is 329 g/mol. The summed E-state index contributed by atoms with van der Waals surface area (Å²) >= 11 is 6.19. The molecule has 4 rings (SSSR count). The number of benzene rings is 2. The number of hydrogen-bond donors (Lipinski definition) is 0. The van der Waals surface area contributed by atoms with Crippen LogP contribution in [0.5, 0.6) is 5.75 Å². The quantitative estimate of drug-likeness (QED) is 0.735. The molecule has 6 heteroatoms. The van der Waals surface area contributed by atoms with Gasteiger partial charge in [0.1, 0.15) is 16.8 Å². The van der Waals surface area contributed by atoms with Gasteiger partial charge in [-0.15, -0.1) is 10.2 Å². The molecule has 118 valence electrons. The van der Waals surface area contributed by atoms with Gasteiger partial charge in [-0.2, -0.15) is 4.80 Å². The number of rotatable bonds is 3. The maximum absolute atomic E-state index is 6.19. The van der Waals surface area contributed by atoms with Crippen molar-refractivity contribution >= 4 is 28.3 Å². The Labute approximate surface area is 139 Å². The van der Waals surface area contributed by atoms with E-state index in [0.717, 1.165) is 29.8 Å². The Morgan fingerprint density at radius 3 is 2.43 bits per heavy atom. The van der Waals surface area contributed by atoms with Gasteiger partial charge in [0.2, 0.25) is 0 Å². The van der Waals surface area contributed by atoms with Gasteiger partial charge in [-0.05, 0) is 49.2 Å². The third-order valence-electron chi connectivity index (χ3n) is 4.20. The predicted molar refractivity (Wildman–Crippen MR) is 91.9 cm³/mol. The molecule has 0 aliphatic carbocycles. The van der Waals surface area contributed by atoms with Crippen molar-refractivity contribution in [3.8, 4) is 11.4 Å². The first-order valence-corrected chi connectivity index (χ1v) is 8.08. The zero-order chi connectivity index (χ0) is 15.8. The van der Waals surface area contributed by atoms with Gasteiger partial charge in [-0.25, -0.2) is 0 Å². The number of aromatic nitrogens is 3. The van der Waals surface area contributed by atoms with Crippen molar-refractivity contribution < 1.29 is 4.74 Å². The zero-order valence-electron chi connectivity index (χ0n) is 12.9. The van der Waals surface area contributed by atoms with Crippen LogP contribution >= 0.6 is 11.6 Å². The molecule has 0 N–H and O–H groups in total. The third-order valence-corrected chi connectivity index (χ3v) is 4.50. The summed E-state index contributed by atoms with van der Waals surface area (Å²) < 4.78 is 5.18. The molecule has 0 radical (unpaired) electrons. The van der Waals surface area contributed by atoms with E-state index in [9.17, 15) is 0 Å². The molecule has 1 aliphatic rings. The van der Waals surface area contributed by atoms with Crippen LogP contribution in [0.15, 0.2) is 36.4 Å². The molecule has 0 atom stereocenters. The largest absolute Gasteiger partial charge is 0.495 e. The summed E-state index contributed by atoms with van der Waals surface area (Å²) in [4.78, 5) is 4.01. The lowest BCUT2D eigenvalue weighted by Crippen LogP contribution is -2.17. The fourth-order valence-corrected chi connectivity index (χ4v) is 3.22. The summed E-state index contributed by atoms with van der Waals surface area (Å²) in [5.41, 5.74) is 3.80. The molecule has 0 bridgehead atoms. The molecule has 2 aromatic carbocycles. The third kappa shape index (κ3) is 2.61. The van der Waals surface area contributed by atoms with Crippen LogP contribution in [-0.2, 0) is 0 Å². The van der Waals surface area contributed by atoms with Gasteiger partial charge in [0.15, 0.2) is 0 Å². The smallest absolute Gasteiger partial charge is 0.137 e. The zero-order valence-corrected chi connectivity index (χ0v) is 13.6. The van der Waals surface area contributed by atoms with Crippen LogP contribution in [0.3, 0.4) is 0 Å². The molecule has 1 saturated heterocycles. The van der Waals surface area contributed by atoms with Crippen molar-refractivity contribution in [1.82, 2.24) is 15.0 Å². The normalized spacial score (nSPS) is 14.6. The lowest BCUT2D eigenvalue weighted by atomic mass is 10.2. The molecule has 1 aromatic heterocycles. The second kappa shape index (κ2) is 5.74. The Morgan fingerprint density at radius 2 is 1.70 bits per heavy atom. The highest BCUT2D eigenvalue weighted by Gasteiger charge is 2.14. The summed E-state index contributed by atoms with van der Waals surface area (Å²) in [6.07, 6.45) is 2.52. The van der Waals surface area contributed by atoms with Crippen LogP contribution in [0, 0.1) is 0 Å². The van der Waals surface area contributed by atoms with Crippen molar-refractivity contribution in [3.05, 3.63) is 41.4 Å². The van der Waals surface area contributed by atoms with Crippen LogP contribution in [0.2, 0.25) is 5.02 Å². The molecular weight excluding hydrogens is 312 g/mol.